The molecular formula is C14H19BrN2O3S. The Morgan fingerprint density at radius 3 is 2.52 bits per heavy atom. The molecule has 5 nitrogen and oxygen atoms in total. The topological polar surface area (TPSA) is 80.5 Å². The summed E-state index contributed by atoms with van der Waals surface area (Å²) >= 11 is 3.23. The molecule has 1 aromatic carbocycles. The van der Waals surface area contributed by atoms with Gasteiger partial charge in [-0.05, 0) is 36.5 Å². The van der Waals surface area contributed by atoms with Gasteiger partial charge in [-0.15, -0.1) is 0 Å². The number of nitrogens with two attached hydrogens (primary N) is 1. The first-order valence-corrected chi connectivity index (χ1v) is 9.15. The van der Waals surface area contributed by atoms with Crippen molar-refractivity contribution in [1.82, 2.24) is 4.90 Å². The fourth-order valence-electron chi connectivity index (χ4n) is 2.48. The van der Waals surface area contributed by atoms with Crippen LogP contribution in [0.5, 0.6) is 0 Å². The number of carbonyl (C=O) groups is 1. The molecule has 0 saturated carbocycles. The van der Waals surface area contributed by atoms with Gasteiger partial charge in [-0.2, -0.15) is 0 Å². The van der Waals surface area contributed by atoms with Gasteiger partial charge in [0.1, 0.15) is 0 Å². The third-order valence-electron chi connectivity index (χ3n) is 4.07. The van der Waals surface area contributed by atoms with Crippen LogP contribution in [-0.4, -0.2) is 32.3 Å². The summed E-state index contributed by atoms with van der Waals surface area (Å²) in [5, 5.41) is 5.14. The second-order valence-electron chi connectivity index (χ2n) is 5.72. The van der Waals surface area contributed by atoms with E-state index in [1.807, 2.05) is 0 Å². The molecule has 1 amide bonds. The number of benzene rings is 1. The van der Waals surface area contributed by atoms with Crippen LogP contribution in [0.2, 0.25) is 0 Å². The second-order valence-corrected chi connectivity index (χ2v) is 8.19. The van der Waals surface area contributed by atoms with Gasteiger partial charge in [0.2, 0.25) is 10.0 Å². The lowest BCUT2D eigenvalue weighted by Gasteiger charge is -2.35. The van der Waals surface area contributed by atoms with Crippen molar-refractivity contribution in [1.29, 1.82) is 0 Å². The van der Waals surface area contributed by atoms with Gasteiger partial charge >= 0.3 is 0 Å². The minimum Gasteiger partial charge on any atom is -0.338 e. The van der Waals surface area contributed by atoms with Crippen LogP contribution in [0.25, 0.3) is 0 Å². The van der Waals surface area contributed by atoms with Gasteiger partial charge in [0.25, 0.3) is 5.91 Å². The summed E-state index contributed by atoms with van der Waals surface area (Å²) < 4.78 is 23.5. The Balaban J connectivity index is 2.30. The fraction of sp³-hybridized carbons (Fsp3) is 0.500. The zero-order valence-electron chi connectivity index (χ0n) is 12.0. The molecule has 0 bridgehead atoms. The highest BCUT2D eigenvalue weighted by molar-refractivity contribution is 9.10. The van der Waals surface area contributed by atoms with Crippen molar-refractivity contribution >= 4 is 31.9 Å². The minimum absolute atomic E-state index is 0.0568. The number of carbonyl (C=O) groups excluding carboxylic acids is 1. The number of piperidine rings is 1. The lowest BCUT2D eigenvalue weighted by atomic mass is 9.88. The maximum Gasteiger partial charge on any atom is 0.253 e. The number of sulfonamides is 1. The van der Waals surface area contributed by atoms with Crippen LogP contribution in [0.3, 0.4) is 0 Å². The van der Waals surface area contributed by atoms with E-state index in [0.29, 0.717) is 35.0 Å². The maximum absolute atomic E-state index is 12.6. The zero-order valence-corrected chi connectivity index (χ0v) is 14.4. The summed E-state index contributed by atoms with van der Waals surface area (Å²) in [6.07, 6.45) is 0.961. The molecule has 0 aliphatic carbocycles. The molecule has 1 aliphatic rings. The van der Waals surface area contributed by atoms with Gasteiger partial charge in [0.15, 0.2) is 0 Å². The molecule has 7 heteroatoms. The highest BCUT2D eigenvalue weighted by Crippen LogP contribution is 2.25. The monoisotopic (exact) mass is 374 g/mol. The van der Waals surface area contributed by atoms with Gasteiger partial charge in [-0.25, -0.2) is 13.6 Å². The first-order valence-electron chi connectivity index (χ1n) is 6.81. The highest BCUT2D eigenvalue weighted by atomic mass is 79.9. The number of amides is 1. The van der Waals surface area contributed by atoms with Crippen molar-refractivity contribution in [2.24, 2.45) is 17.0 Å². The van der Waals surface area contributed by atoms with E-state index in [1.165, 1.54) is 12.1 Å². The highest BCUT2D eigenvalue weighted by Gasteiger charge is 2.27. The van der Waals surface area contributed by atoms with Crippen LogP contribution < -0.4 is 5.14 Å². The summed E-state index contributed by atoms with van der Waals surface area (Å²) in [6.45, 7) is 5.70. The Hall–Kier alpha value is -0.920. The molecule has 2 rings (SSSR count). The molecule has 1 heterocycles. The largest absolute Gasteiger partial charge is 0.338 e. The number of halogens is 1. The van der Waals surface area contributed by atoms with E-state index in [4.69, 9.17) is 5.14 Å². The van der Waals surface area contributed by atoms with Crippen molar-refractivity contribution in [2.75, 3.05) is 13.1 Å². The van der Waals surface area contributed by atoms with Crippen molar-refractivity contribution < 1.29 is 13.2 Å². The number of hydrogen-bond acceptors (Lipinski definition) is 3. The van der Waals surface area contributed by atoms with E-state index in [0.717, 1.165) is 6.42 Å². The van der Waals surface area contributed by atoms with Gasteiger partial charge in [0, 0.05) is 23.1 Å². The lowest BCUT2D eigenvalue weighted by Crippen LogP contribution is -2.42. The Morgan fingerprint density at radius 2 is 1.95 bits per heavy atom. The molecule has 0 radical (unpaired) electrons. The molecule has 1 aliphatic heterocycles. The lowest BCUT2D eigenvalue weighted by molar-refractivity contribution is 0.0627. The van der Waals surface area contributed by atoms with Crippen molar-refractivity contribution in [3.63, 3.8) is 0 Å². The Kier molecular flexibility index (Phi) is 4.75. The quantitative estimate of drug-likeness (QED) is 0.861. The summed E-state index contributed by atoms with van der Waals surface area (Å²) in [5.74, 6) is 0.879. The molecule has 1 aromatic rings. The molecule has 2 unspecified atom stereocenters. The SMILES string of the molecule is CC1CCN(C(=O)c2cc(Br)cc(S(N)(=O)=O)c2)CC1C. The minimum atomic E-state index is -3.83. The predicted molar refractivity (Wildman–Crippen MR) is 84.4 cm³/mol. The number of likely N-dealkylation sites (tertiary alicyclic amines) is 1. The third-order valence-corrected chi connectivity index (χ3v) is 5.42. The maximum atomic E-state index is 12.6. The summed E-state index contributed by atoms with van der Waals surface area (Å²) in [4.78, 5) is 14.3. The van der Waals surface area contributed by atoms with Crippen LogP contribution >= 0.6 is 15.9 Å². The standard InChI is InChI=1S/C14H19BrN2O3S/c1-9-3-4-17(8-10(9)2)14(18)11-5-12(15)7-13(6-11)21(16,19)20/h5-7,9-10H,3-4,8H2,1-2H3,(H2,16,19,20). The molecule has 2 atom stereocenters. The molecule has 2 N–H and O–H groups in total. The first kappa shape index (κ1) is 16.5. The fourth-order valence-corrected chi connectivity index (χ4v) is 3.71. The molecule has 1 fully saturated rings. The van der Waals surface area contributed by atoms with Crippen molar-refractivity contribution in [2.45, 2.75) is 25.2 Å². The third kappa shape index (κ3) is 3.84. The van der Waals surface area contributed by atoms with Crippen LogP contribution in [0.1, 0.15) is 30.6 Å². The molecule has 116 valence electrons. The van der Waals surface area contributed by atoms with E-state index in [1.54, 1.807) is 11.0 Å². The molecule has 0 aromatic heterocycles. The van der Waals surface area contributed by atoms with Crippen LogP contribution in [0.4, 0.5) is 0 Å². The Bertz CT molecular complexity index is 660. The van der Waals surface area contributed by atoms with E-state index < -0.39 is 10.0 Å². The molecule has 0 spiro atoms. The van der Waals surface area contributed by atoms with Crippen molar-refractivity contribution in [3.8, 4) is 0 Å². The van der Waals surface area contributed by atoms with E-state index in [-0.39, 0.29) is 10.8 Å². The van der Waals surface area contributed by atoms with Gasteiger partial charge in [-0.3, -0.25) is 4.79 Å². The van der Waals surface area contributed by atoms with E-state index in [9.17, 15) is 13.2 Å². The van der Waals surface area contributed by atoms with Gasteiger partial charge < -0.3 is 4.90 Å². The second kappa shape index (κ2) is 6.06. The normalized spacial score (nSPS) is 23.1. The van der Waals surface area contributed by atoms with Crippen LogP contribution in [-0.2, 0) is 10.0 Å². The number of hydrogen-bond donors (Lipinski definition) is 1. The molecule has 1 saturated heterocycles. The zero-order chi connectivity index (χ0) is 15.8. The average Bonchev–Trinajstić information content (AvgIpc) is 2.39. The van der Waals surface area contributed by atoms with Gasteiger partial charge in [-0.1, -0.05) is 29.8 Å². The summed E-state index contributed by atoms with van der Waals surface area (Å²) in [5.41, 5.74) is 0.343. The number of nitrogens with zero attached hydrogens (tertiary/aromatic N) is 1. The average molecular weight is 375 g/mol. The summed E-state index contributed by atoms with van der Waals surface area (Å²) in [7, 11) is -3.83. The summed E-state index contributed by atoms with van der Waals surface area (Å²) in [6, 6.07) is 4.36. The van der Waals surface area contributed by atoms with Crippen molar-refractivity contribution in [3.05, 3.63) is 28.2 Å². The molecule has 21 heavy (non-hydrogen) atoms. The molecular weight excluding hydrogens is 356 g/mol. The van der Waals surface area contributed by atoms with Crippen LogP contribution in [0.15, 0.2) is 27.6 Å². The first-order chi connectivity index (χ1) is 9.68. The van der Waals surface area contributed by atoms with Gasteiger partial charge in [0.05, 0.1) is 4.90 Å². The number of rotatable bonds is 2. The Labute approximate surface area is 133 Å². The predicted octanol–water partition coefficient (Wildman–Crippen LogP) is 2.21. The number of primary sulfonamides is 1. The van der Waals surface area contributed by atoms with E-state index in [2.05, 4.69) is 29.8 Å². The van der Waals surface area contributed by atoms with E-state index >= 15 is 0 Å². The smallest absolute Gasteiger partial charge is 0.253 e. The Morgan fingerprint density at radius 1 is 1.29 bits per heavy atom. The van der Waals surface area contributed by atoms with Crippen LogP contribution in [0, 0.1) is 11.8 Å².